The van der Waals surface area contributed by atoms with Crippen LogP contribution in [0.25, 0.3) is 0 Å². The van der Waals surface area contributed by atoms with E-state index >= 15 is 0 Å². The number of rotatable bonds is 2. The van der Waals surface area contributed by atoms with Gasteiger partial charge in [0.15, 0.2) is 0 Å². The summed E-state index contributed by atoms with van der Waals surface area (Å²) in [6, 6.07) is 11.5. The zero-order chi connectivity index (χ0) is 16.8. The number of para-hydroxylation sites is 1. The summed E-state index contributed by atoms with van der Waals surface area (Å²) in [6.07, 6.45) is 5.43. The molecule has 0 saturated heterocycles. The normalized spacial score (nSPS) is 24.2. The number of nitro groups is 1. The molecule has 2 aromatic rings. The molecule has 0 unspecified atom stereocenters. The third-order valence-electron chi connectivity index (χ3n) is 5.28. The van der Waals surface area contributed by atoms with Gasteiger partial charge in [0, 0.05) is 17.7 Å². The van der Waals surface area contributed by atoms with Gasteiger partial charge in [0.1, 0.15) is 0 Å². The molecule has 4 heteroatoms. The van der Waals surface area contributed by atoms with Crippen molar-refractivity contribution in [1.29, 1.82) is 0 Å². The van der Waals surface area contributed by atoms with E-state index in [1.54, 1.807) is 12.1 Å². The Kier molecular flexibility index (Phi) is 3.41. The van der Waals surface area contributed by atoms with Gasteiger partial charge in [-0.1, -0.05) is 48.0 Å². The molecular weight excluding hydrogens is 300 g/mol. The van der Waals surface area contributed by atoms with E-state index in [0.29, 0.717) is 11.8 Å². The average Bonchev–Trinajstić information content (AvgIpc) is 3.04. The quantitative estimate of drug-likeness (QED) is 0.479. The molecule has 0 radical (unpaired) electrons. The van der Waals surface area contributed by atoms with Crippen molar-refractivity contribution in [1.82, 2.24) is 0 Å². The van der Waals surface area contributed by atoms with Crippen LogP contribution in [0.1, 0.15) is 40.6 Å². The maximum Gasteiger partial charge on any atom is 0.274 e. The van der Waals surface area contributed by atoms with Crippen LogP contribution in [-0.4, -0.2) is 4.92 Å². The second kappa shape index (κ2) is 5.48. The second-order valence-corrected chi connectivity index (χ2v) is 6.84. The second-order valence-electron chi connectivity index (χ2n) is 6.84. The highest BCUT2D eigenvalue weighted by molar-refractivity contribution is 5.66. The van der Waals surface area contributed by atoms with Crippen molar-refractivity contribution < 1.29 is 4.92 Å². The molecule has 0 aromatic heterocycles. The summed E-state index contributed by atoms with van der Waals surface area (Å²) >= 11 is 0. The number of fused-ring (bicyclic) bond motifs is 3. The van der Waals surface area contributed by atoms with Gasteiger partial charge in [0.2, 0.25) is 0 Å². The minimum absolute atomic E-state index is 0.0412. The number of anilines is 1. The molecule has 0 saturated carbocycles. The lowest BCUT2D eigenvalue weighted by Crippen LogP contribution is -2.30. The smallest absolute Gasteiger partial charge is 0.274 e. The molecule has 24 heavy (non-hydrogen) atoms. The Bertz CT molecular complexity index is 857. The van der Waals surface area contributed by atoms with Crippen LogP contribution in [0, 0.1) is 29.9 Å². The molecule has 122 valence electrons. The standard InChI is InChI=1S/C20H20N2O2/c1-12-10-13(2)19-17(11-12)14-7-5-8-15(14)20(21-19)16-6-3-4-9-18(16)22(23)24/h3-7,9-11,14-15,20-21H,8H2,1-2H3/t14-,15-,20+/m1/s1. The number of hydrogen-bond acceptors (Lipinski definition) is 3. The number of aryl methyl sites for hydroxylation is 2. The predicted octanol–water partition coefficient (Wildman–Crippen LogP) is 5.04. The Morgan fingerprint density at radius 1 is 1.17 bits per heavy atom. The van der Waals surface area contributed by atoms with Crippen LogP contribution in [0.4, 0.5) is 11.4 Å². The van der Waals surface area contributed by atoms with E-state index in [1.807, 2.05) is 12.1 Å². The molecule has 0 spiro atoms. The first kappa shape index (κ1) is 14.9. The van der Waals surface area contributed by atoms with E-state index in [1.165, 1.54) is 16.7 Å². The van der Waals surface area contributed by atoms with E-state index in [2.05, 4.69) is 43.4 Å². The number of allylic oxidation sites excluding steroid dienone is 2. The van der Waals surface area contributed by atoms with Crippen LogP contribution in [0.5, 0.6) is 0 Å². The van der Waals surface area contributed by atoms with Crippen molar-refractivity contribution in [3.8, 4) is 0 Å². The van der Waals surface area contributed by atoms with Gasteiger partial charge in [-0.3, -0.25) is 10.1 Å². The van der Waals surface area contributed by atoms with Crippen molar-refractivity contribution in [3.63, 3.8) is 0 Å². The maximum atomic E-state index is 11.5. The van der Waals surface area contributed by atoms with Gasteiger partial charge in [-0.2, -0.15) is 0 Å². The van der Waals surface area contributed by atoms with Crippen molar-refractivity contribution in [2.45, 2.75) is 32.2 Å². The van der Waals surface area contributed by atoms with Crippen molar-refractivity contribution in [2.24, 2.45) is 5.92 Å². The summed E-state index contributed by atoms with van der Waals surface area (Å²) in [7, 11) is 0. The van der Waals surface area contributed by atoms with Crippen molar-refractivity contribution in [2.75, 3.05) is 5.32 Å². The van der Waals surface area contributed by atoms with E-state index in [0.717, 1.165) is 17.7 Å². The number of nitro benzene ring substituents is 1. The summed E-state index contributed by atoms with van der Waals surface area (Å²) < 4.78 is 0. The Morgan fingerprint density at radius 2 is 1.96 bits per heavy atom. The zero-order valence-electron chi connectivity index (χ0n) is 13.8. The Balaban J connectivity index is 1.86. The molecule has 4 rings (SSSR count). The molecule has 0 bridgehead atoms. The molecule has 1 heterocycles. The highest BCUT2D eigenvalue weighted by atomic mass is 16.6. The van der Waals surface area contributed by atoms with Gasteiger partial charge in [-0.25, -0.2) is 0 Å². The zero-order valence-corrected chi connectivity index (χ0v) is 13.8. The number of benzene rings is 2. The number of hydrogen-bond donors (Lipinski definition) is 1. The summed E-state index contributed by atoms with van der Waals surface area (Å²) in [5.41, 5.74) is 5.90. The summed E-state index contributed by atoms with van der Waals surface area (Å²) in [6.45, 7) is 4.23. The Morgan fingerprint density at radius 3 is 2.75 bits per heavy atom. The molecule has 1 aliphatic carbocycles. The fraction of sp³-hybridized carbons (Fsp3) is 0.300. The first-order valence-corrected chi connectivity index (χ1v) is 8.34. The van der Waals surface area contributed by atoms with Crippen LogP contribution < -0.4 is 5.32 Å². The highest BCUT2D eigenvalue weighted by Crippen LogP contribution is 2.51. The largest absolute Gasteiger partial charge is 0.377 e. The highest BCUT2D eigenvalue weighted by Gasteiger charge is 2.40. The molecule has 2 aromatic carbocycles. The topological polar surface area (TPSA) is 55.2 Å². The lowest BCUT2D eigenvalue weighted by molar-refractivity contribution is -0.385. The minimum atomic E-state index is -0.272. The first-order chi connectivity index (χ1) is 11.6. The van der Waals surface area contributed by atoms with Crippen LogP contribution in [0.15, 0.2) is 48.6 Å². The van der Waals surface area contributed by atoms with Crippen LogP contribution in [0.3, 0.4) is 0 Å². The molecule has 4 nitrogen and oxygen atoms in total. The van der Waals surface area contributed by atoms with Gasteiger partial charge in [-0.05, 0) is 37.3 Å². The van der Waals surface area contributed by atoms with E-state index < -0.39 is 0 Å². The number of nitrogens with zero attached hydrogens (tertiary/aromatic N) is 1. The summed E-state index contributed by atoms with van der Waals surface area (Å²) in [5.74, 6) is 0.643. The maximum absolute atomic E-state index is 11.5. The van der Waals surface area contributed by atoms with Gasteiger partial charge in [-0.15, -0.1) is 0 Å². The minimum Gasteiger partial charge on any atom is -0.377 e. The molecular formula is C20H20N2O2. The average molecular weight is 320 g/mol. The van der Waals surface area contributed by atoms with Crippen LogP contribution in [-0.2, 0) is 0 Å². The molecule has 1 N–H and O–H groups in total. The summed E-state index contributed by atoms with van der Waals surface area (Å²) in [4.78, 5) is 11.2. The fourth-order valence-corrected chi connectivity index (χ4v) is 4.30. The van der Waals surface area contributed by atoms with Crippen molar-refractivity contribution >= 4 is 11.4 Å². The van der Waals surface area contributed by atoms with E-state index in [4.69, 9.17) is 0 Å². The fourth-order valence-electron chi connectivity index (χ4n) is 4.30. The van der Waals surface area contributed by atoms with Gasteiger partial charge in [0.05, 0.1) is 16.5 Å². The third-order valence-corrected chi connectivity index (χ3v) is 5.28. The third kappa shape index (κ3) is 2.21. The lowest BCUT2D eigenvalue weighted by Gasteiger charge is -2.38. The van der Waals surface area contributed by atoms with Crippen molar-refractivity contribution in [3.05, 3.63) is 80.9 Å². The number of nitrogens with one attached hydrogen (secondary N) is 1. The van der Waals surface area contributed by atoms with Gasteiger partial charge >= 0.3 is 0 Å². The Labute approximate surface area is 141 Å². The molecule has 0 amide bonds. The Hall–Kier alpha value is -2.62. The molecule has 0 fully saturated rings. The SMILES string of the molecule is Cc1cc(C)c2c(c1)[C@@H]1C=CC[C@H]1[C@@H](c1ccccc1[N+](=O)[O-])N2. The monoisotopic (exact) mass is 320 g/mol. The van der Waals surface area contributed by atoms with E-state index in [-0.39, 0.29) is 16.7 Å². The lowest BCUT2D eigenvalue weighted by atomic mass is 9.75. The first-order valence-electron chi connectivity index (χ1n) is 8.34. The van der Waals surface area contributed by atoms with Gasteiger partial charge in [0.25, 0.3) is 5.69 Å². The van der Waals surface area contributed by atoms with E-state index in [9.17, 15) is 10.1 Å². The summed E-state index contributed by atoms with van der Waals surface area (Å²) in [5, 5.41) is 15.1. The molecule has 2 aliphatic rings. The van der Waals surface area contributed by atoms with Crippen LogP contribution in [0.2, 0.25) is 0 Å². The molecule has 1 aliphatic heterocycles. The van der Waals surface area contributed by atoms with Gasteiger partial charge < -0.3 is 5.32 Å². The predicted molar refractivity (Wildman–Crippen MR) is 95.4 cm³/mol. The molecule has 3 atom stereocenters. The van der Waals surface area contributed by atoms with Crippen LogP contribution >= 0.6 is 0 Å².